The van der Waals surface area contributed by atoms with Gasteiger partial charge in [-0.2, -0.15) is 0 Å². The van der Waals surface area contributed by atoms with Crippen molar-refractivity contribution in [3.05, 3.63) is 25.3 Å². The number of allylic oxidation sites excluding steroid dienone is 2. The third kappa shape index (κ3) is 43.2. The number of rotatable bonds is 1. The molecule has 0 aromatic heterocycles. The van der Waals surface area contributed by atoms with Crippen LogP contribution in [-0.2, 0) is 0 Å². The van der Waals surface area contributed by atoms with Crippen LogP contribution in [-0.4, -0.2) is 0 Å². The van der Waals surface area contributed by atoms with Gasteiger partial charge in [-0.15, -0.1) is 0 Å². The Kier molecular flexibility index (Phi) is 17.7. The van der Waals surface area contributed by atoms with Crippen LogP contribution in [0.15, 0.2) is 25.3 Å². The Labute approximate surface area is 32.6 Å². The van der Waals surface area contributed by atoms with E-state index in [9.17, 15) is 0 Å². The summed E-state index contributed by atoms with van der Waals surface area (Å²) in [6.07, 6.45) is 3.28. The van der Waals surface area contributed by atoms with Crippen molar-refractivity contribution < 1.29 is 6.15 Å². The van der Waals surface area contributed by atoms with E-state index in [1.807, 2.05) is 0 Å². The van der Waals surface area contributed by atoms with Crippen LogP contribution in [0.2, 0.25) is 0 Å². The van der Waals surface area contributed by atoms with Gasteiger partial charge in [-0.3, -0.25) is 0 Å². The van der Waals surface area contributed by atoms with E-state index in [0.717, 1.165) is 0 Å². The standard InChI is InChI=1S/C4H6.He/c1-3-4-2;/h3-4H,1-2H2;. The summed E-state index contributed by atoms with van der Waals surface area (Å²) < 4.78 is 0. The molecule has 0 aliphatic heterocycles. The summed E-state index contributed by atoms with van der Waals surface area (Å²) >= 11 is 0. The molecule has 0 atom stereocenters. The summed E-state index contributed by atoms with van der Waals surface area (Å²) in [5, 5.41) is 0. The van der Waals surface area contributed by atoms with Gasteiger partial charge in [0.1, 0.15) is 0 Å². The second-order valence-corrected chi connectivity index (χ2v) is 0.471. The van der Waals surface area contributed by atoms with Gasteiger partial charge in [-0.05, 0) is 0 Å². The first-order valence-corrected chi connectivity index (χ1v) is 1.15. The first-order chi connectivity index (χ1) is 1.91. The minimum Gasteiger partial charge on any atom is -0.0991 e. The molecule has 0 bridgehead atoms. The molecule has 0 aliphatic carbocycles. The zero-order chi connectivity index (χ0) is 3.41. The first kappa shape index (κ1) is 8.83. The van der Waals surface area contributed by atoms with Crippen LogP contribution in [0.4, 0.5) is 0 Å². The monoisotopic (exact) mass is 58.0 g/mol. The van der Waals surface area contributed by atoms with E-state index < -0.39 is 0 Å². The zero-order valence-corrected chi connectivity index (χ0v) is 3.28. The quantitative estimate of drug-likeness (QED) is 0.399. The van der Waals surface area contributed by atoms with Gasteiger partial charge < -0.3 is 0 Å². The Morgan fingerprint density at radius 2 is 1.20 bits per heavy atom. The van der Waals surface area contributed by atoms with Gasteiger partial charge in [0.25, 0.3) is 0 Å². The zero-order valence-electron chi connectivity index (χ0n) is 3.28. The van der Waals surface area contributed by atoms with E-state index in [0.29, 0.717) is 0 Å². The van der Waals surface area contributed by atoms with Crippen molar-refractivity contribution in [2.45, 2.75) is 0 Å². The molecule has 0 saturated heterocycles. The Bertz CT molecular complexity index is 24.6. The summed E-state index contributed by atoms with van der Waals surface area (Å²) in [6, 6.07) is 0. The fourth-order valence-corrected chi connectivity index (χ4v) is 0. The molecule has 0 aliphatic rings. The van der Waals surface area contributed by atoms with E-state index in [1.54, 1.807) is 12.2 Å². The fourth-order valence-electron chi connectivity index (χ4n) is 0. The van der Waals surface area contributed by atoms with Gasteiger partial charge >= 0.3 is 0 Å². The molecule has 5 heavy (non-hydrogen) atoms. The second kappa shape index (κ2) is 10.0. The predicted octanol–water partition coefficient (Wildman–Crippen LogP) is 1.36. The van der Waals surface area contributed by atoms with Crippen molar-refractivity contribution in [2.24, 2.45) is 0 Å². The molecule has 0 heterocycles. The van der Waals surface area contributed by atoms with E-state index in [4.69, 9.17) is 0 Å². The molecule has 1 heteroatoms. The van der Waals surface area contributed by atoms with Crippen molar-refractivity contribution in [3.63, 3.8) is 0 Å². The normalized spacial score (nSPS) is 4.00. The molecule has 0 rings (SSSR count). The van der Waals surface area contributed by atoms with E-state index in [-0.39, 0.29) is 6.15 Å². The minimum atomic E-state index is 0. The van der Waals surface area contributed by atoms with Crippen molar-refractivity contribution in [2.75, 3.05) is 0 Å². The fraction of sp³-hybridized carbons (Fsp3) is 0. The molecule has 0 unspecified atom stereocenters. The van der Waals surface area contributed by atoms with Crippen LogP contribution in [0, 0.1) is 6.15 Å². The third-order valence-electron chi connectivity index (χ3n) is 0.167. The molecular weight excluding hydrogens is 52.0 g/mol. The summed E-state index contributed by atoms with van der Waals surface area (Å²) in [5.41, 5.74) is 0. The molecule has 24 valence electrons. The largest absolute Gasteiger partial charge is 0.0991 e. The molecule has 0 N–H and O–H groups in total. The van der Waals surface area contributed by atoms with Crippen LogP contribution < -0.4 is 0 Å². The maximum absolute atomic E-state index is 3.36. The van der Waals surface area contributed by atoms with Gasteiger partial charge in [0.15, 0.2) is 0 Å². The average molecular weight is 58.1 g/mol. The van der Waals surface area contributed by atoms with Crippen LogP contribution in [0.25, 0.3) is 0 Å². The third-order valence-corrected chi connectivity index (χ3v) is 0.167. The van der Waals surface area contributed by atoms with Crippen LogP contribution in [0.5, 0.6) is 0 Å². The van der Waals surface area contributed by atoms with Gasteiger partial charge in [0, 0.05) is 6.15 Å². The molecule has 0 saturated carbocycles. The summed E-state index contributed by atoms with van der Waals surface area (Å²) in [6.45, 7) is 6.72. The van der Waals surface area contributed by atoms with E-state index in [2.05, 4.69) is 13.2 Å². The maximum Gasteiger partial charge on any atom is 0 e. The van der Waals surface area contributed by atoms with Crippen LogP contribution in [0.3, 0.4) is 0 Å². The van der Waals surface area contributed by atoms with Crippen molar-refractivity contribution in [3.8, 4) is 0 Å². The number of hydrogen-bond donors (Lipinski definition) is 0. The molecule has 0 spiro atoms. The molecule has 0 fully saturated rings. The Hall–Kier alpha value is -0.611. The predicted molar refractivity (Wildman–Crippen MR) is 20.4 cm³/mol. The molecule has 0 aromatic rings. The van der Waals surface area contributed by atoms with Gasteiger partial charge in [0.2, 0.25) is 0 Å². The van der Waals surface area contributed by atoms with Crippen molar-refractivity contribution in [1.29, 1.82) is 0 Å². The first-order valence-electron chi connectivity index (χ1n) is 1.15. The Morgan fingerprint density at radius 1 is 1.00 bits per heavy atom. The van der Waals surface area contributed by atoms with Crippen molar-refractivity contribution in [1.82, 2.24) is 0 Å². The Morgan fingerprint density at radius 3 is 1.20 bits per heavy atom. The molecule has 0 nitrogen and oxygen atoms in total. The van der Waals surface area contributed by atoms with E-state index >= 15 is 0 Å². The molecule has 0 aromatic carbocycles. The summed E-state index contributed by atoms with van der Waals surface area (Å²) in [4.78, 5) is 0. The van der Waals surface area contributed by atoms with Gasteiger partial charge in [-0.25, -0.2) is 0 Å². The number of hydrogen-bond acceptors (Lipinski definition) is 0. The summed E-state index contributed by atoms with van der Waals surface area (Å²) in [5.74, 6) is 0. The van der Waals surface area contributed by atoms with E-state index in [1.165, 1.54) is 0 Å². The molecular formula is C4H6He. The second-order valence-electron chi connectivity index (χ2n) is 0.471. The summed E-state index contributed by atoms with van der Waals surface area (Å²) in [7, 11) is 0. The maximum atomic E-state index is 3.36. The van der Waals surface area contributed by atoms with Crippen molar-refractivity contribution >= 4 is 0 Å². The Balaban J connectivity index is 0. The van der Waals surface area contributed by atoms with Crippen LogP contribution in [0.1, 0.15) is 0 Å². The van der Waals surface area contributed by atoms with Gasteiger partial charge in [0.05, 0.1) is 0 Å². The minimum absolute atomic E-state index is 0. The van der Waals surface area contributed by atoms with Crippen LogP contribution >= 0.6 is 0 Å². The SMILES string of the molecule is C=CC=C.[He]. The topological polar surface area (TPSA) is 0 Å². The molecule has 0 amide bonds. The van der Waals surface area contributed by atoms with Gasteiger partial charge in [-0.1, -0.05) is 25.3 Å². The molecule has 0 radical (unpaired) electrons. The average Bonchev–Trinajstić information content (AvgIpc) is 1.37. The smallest absolute Gasteiger partial charge is 0 e.